The molecule has 120 valence electrons. The van der Waals surface area contributed by atoms with E-state index in [9.17, 15) is 0 Å². The molecule has 1 fully saturated rings. The molecule has 0 spiro atoms. The summed E-state index contributed by atoms with van der Waals surface area (Å²) in [5, 5.41) is 6.81. The molecule has 1 aliphatic carbocycles. The van der Waals surface area contributed by atoms with Gasteiger partial charge in [0.15, 0.2) is 5.82 Å². The van der Waals surface area contributed by atoms with Crippen molar-refractivity contribution in [1.29, 1.82) is 0 Å². The highest BCUT2D eigenvalue weighted by atomic mass is 15.1. The Morgan fingerprint density at radius 3 is 2.46 bits per heavy atom. The number of hydrogen-bond donors (Lipinski definition) is 2. The Hall–Kier alpha value is -2.95. The lowest BCUT2D eigenvalue weighted by molar-refractivity contribution is 1.02. The smallest absolute Gasteiger partial charge is 0.163 e. The van der Waals surface area contributed by atoms with Gasteiger partial charge >= 0.3 is 0 Å². The van der Waals surface area contributed by atoms with Crippen LogP contribution in [-0.4, -0.2) is 21.0 Å². The van der Waals surface area contributed by atoms with Gasteiger partial charge in [0.25, 0.3) is 0 Å². The first-order valence-corrected chi connectivity index (χ1v) is 8.22. The van der Waals surface area contributed by atoms with Crippen LogP contribution in [0.3, 0.4) is 0 Å². The summed E-state index contributed by atoms with van der Waals surface area (Å²) in [6.07, 6.45) is 4.22. The van der Waals surface area contributed by atoms with E-state index < -0.39 is 0 Å². The van der Waals surface area contributed by atoms with Crippen molar-refractivity contribution in [2.24, 2.45) is 0 Å². The quantitative estimate of drug-likeness (QED) is 0.725. The average Bonchev–Trinajstić information content (AvgIpc) is 3.45. The number of benzene rings is 1. The minimum atomic E-state index is 0.548. The van der Waals surface area contributed by atoms with E-state index in [0.29, 0.717) is 12.6 Å². The molecule has 1 aliphatic rings. The first kappa shape index (κ1) is 14.6. The number of hydrogen-bond acceptors (Lipinski definition) is 5. The molecule has 0 unspecified atom stereocenters. The van der Waals surface area contributed by atoms with Crippen molar-refractivity contribution in [3.05, 3.63) is 66.5 Å². The monoisotopic (exact) mass is 317 g/mol. The molecule has 3 aromatic rings. The van der Waals surface area contributed by atoms with Crippen molar-refractivity contribution in [2.75, 3.05) is 10.6 Å². The Morgan fingerprint density at radius 1 is 0.917 bits per heavy atom. The molecule has 0 bridgehead atoms. The molecule has 24 heavy (non-hydrogen) atoms. The van der Waals surface area contributed by atoms with E-state index in [-0.39, 0.29) is 0 Å². The third kappa shape index (κ3) is 3.68. The Bertz CT molecular complexity index is 801. The molecule has 4 rings (SSSR count). The molecule has 0 atom stereocenters. The number of anilines is 2. The lowest BCUT2D eigenvalue weighted by Gasteiger charge is -2.11. The lowest BCUT2D eigenvalue weighted by Crippen LogP contribution is -2.08. The Kier molecular flexibility index (Phi) is 4.06. The number of rotatable bonds is 6. The van der Waals surface area contributed by atoms with Gasteiger partial charge in [-0.25, -0.2) is 9.97 Å². The highest BCUT2D eigenvalue weighted by Crippen LogP contribution is 2.26. The predicted octanol–water partition coefficient (Wildman–Crippen LogP) is 3.73. The normalized spacial score (nSPS) is 13.5. The van der Waals surface area contributed by atoms with Crippen molar-refractivity contribution in [3.8, 4) is 11.4 Å². The molecule has 0 radical (unpaired) electrons. The van der Waals surface area contributed by atoms with E-state index in [0.717, 1.165) is 28.7 Å². The second kappa shape index (κ2) is 6.66. The summed E-state index contributed by atoms with van der Waals surface area (Å²) in [7, 11) is 0. The SMILES string of the molecule is c1ccc(-c2nc(NCc3ccccn3)cc(NC3CC3)n2)cc1. The summed E-state index contributed by atoms with van der Waals surface area (Å²) in [6.45, 7) is 0.634. The molecular weight excluding hydrogens is 298 g/mol. The van der Waals surface area contributed by atoms with Crippen LogP contribution in [0.5, 0.6) is 0 Å². The van der Waals surface area contributed by atoms with Gasteiger partial charge in [0.05, 0.1) is 12.2 Å². The van der Waals surface area contributed by atoms with Crippen molar-refractivity contribution in [2.45, 2.75) is 25.4 Å². The zero-order chi connectivity index (χ0) is 16.2. The van der Waals surface area contributed by atoms with Crippen LogP contribution in [-0.2, 0) is 6.54 Å². The van der Waals surface area contributed by atoms with E-state index in [2.05, 4.69) is 25.6 Å². The molecular formula is C19H19N5. The lowest BCUT2D eigenvalue weighted by atomic mass is 10.2. The van der Waals surface area contributed by atoms with Crippen molar-refractivity contribution in [1.82, 2.24) is 15.0 Å². The number of nitrogens with zero attached hydrogens (tertiary/aromatic N) is 3. The van der Waals surface area contributed by atoms with Crippen LogP contribution >= 0.6 is 0 Å². The standard InChI is InChI=1S/C19H19N5/c1-2-6-14(7-3-1)19-23-17(12-18(24-19)22-15-9-10-15)21-13-16-8-4-5-11-20-16/h1-8,11-12,15H,9-10,13H2,(H2,21,22,23,24). The fourth-order valence-electron chi connectivity index (χ4n) is 2.45. The van der Waals surface area contributed by atoms with E-state index in [1.54, 1.807) is 6.20 Å². The highest BCUT2D eigenvalue weighted by Gasteiger charge is 2.22. The molecule has 5 heteroatoms. The van der Waals surface area contributed by atoms with E-state index in [1.807, 2.05) is 54.6 Å². The topological polar surface area (TPSA) is 62.7 Å². The van der Waals surface area contributed by atoms with Gasteiger partial charge in [-0.15, -0.1) is 0 Å². The minimum absolute atomic E-state index is 0.548. The third-order valence-corrected chi connectivity index (χ3v) is 3.86. The Morgan fingerprint density at radius 2 is 1.71 bits per heavy atom. The first-order valence-electron chi connectivity index (χ1n) is 8.22. The van der Waals surface area contributed by atoms with Crippen molar-refractivity contribution >= 4 is 11.6 Å². The van der Waals surface area contributed by atoms with Crippen LogP contribution in [0.25, 0.3) is 11.4 Å². The molecule has 0 saturated heterocycles. The predicted molar refractivity (Wildman–Crippen MR) is 95.7 cm³/mol. The summed E-state index contributed by atoms with van der Waals surface area (Å²) in [5.74, 6) is 2.40. The maximum atomic E-state index is 4.66. The zero-order valence-electron chi connectivity index (χ0n) is 13.3. The van der Waals surface area contributed by atoms with Crippen molar-refractivity contribution < 1.29 is 0 Å². The summed E-state index contributed by atoms with van der Waals surface area (Å²) in [6, 6.07) is 18.5. The second-order valence-electron chi connectivity index (χ2n) is 5.92. The Labute approximate surface area is 141 Å². The first-order chi connectivity index (χ1) is 11.9. The van der Waals surface area contributed by atoms with Crippen LogP contribution in [0.1, 0.15) is 18.5 Å². The number of nitrogens with one attached hydrogen (secondary N) is 2. The van der Waals surface area contributed by atoms with Crippen LogP contribution < -0.4 is 10.6 Å². The molecule has 2 heterocycles. The van der Waals surface area contributed by atoms with Crippen LogP contribution in [0.15, 0.2) is 60.8 Å². The molecule has 0 amide bonds. The van der Waals surface area contributed by atoms with Gasteiger partial charge in [0.2, 0.25) is 0 Å². The number of aromatic nitrogens is 3. The molecule has 1 saturated carbocycles. The average molecular weight is 317 g/mol. The van der Waals surface area contributed by atoms with Gasteiger partial charge in [0, 0.05) is 23.9 Å². The minimum Gasteiger partial charge on any atom is -0.367 e. The van der Waals surface area contributed by atoms with Crippen molar-refractivity contribution in [3.63, 3.8) is 0 Å². The van der Waals surface area contributed by atoms with Gasteiger partial charge in [-0.2, -0.15) is 0 Å². The zero-order valence-corrected chi connectivity index (χ0v) is 13.3. The molecule has 5 nitrogen and oxygen atoms in total. The number of pyridine rings is 1. The van der Waals surface area contributed by atoms with Crippen LogP contribution in [0.4, 0.5) is 11.6 Å². The maximum Gasteiger partial charge on any atom is 0.163 e. The van der Waals surface area contributed by atoms with E-state index in [4.69, 9.17) is 0 Å². The second-order valence-corrected chi connectivity index (χ2v) is 5.92. The van der Waals surface area contributed by atoms with Gasteiger partial charge < -0.3 is 10.6 Å². The van der Waals surface area contributed by atoms with E-state index >= 15 is 0 Å². The summed E-state index contributed by atoms with van der Waals surface area (Å²) < 4.78 is 0. The molecule has 2 aromatic heterocycles. The largest absolute Gasteiger partial charge is 0.367 e. The Balaban J connectivity index is 1.59. The van der Waals surface area contributed by atoms with Gasteiger partial charge in [0.1, 0.15) is 11.6 Å². The van der Waals surface area contributed by atoms with Crippen LogP contribution in [0, 0.1) is 0 Å². The molecule has 0 aliphatic heterocycles. The highest BCUT2D eigenvalue weighted by molar-refractivity contribution is 5.61. The summed E-state index contributed by atoms with van der Waals surface area (Å²) in [4.78, 5) is 13.7. The molecule has 2 N–H and O–H groups in total. The molecule has 1 aromatic carbocycles. The van der Waals surface area contributed by atoms with Crippen LogP contribution in [0.2, 0.25) is 0 Å². The fourth-order valence-corrected chi connectivity index (χ4v) is 2.45. The van der Waals surface area contributed by atoms with E-state index in [1.165, 1.54) is 12.8 Å². The van der Waals surface area contributed by atoms with Gasteiger partial charge in [-0.05, 0) is 25.0 Å². The van der Waals surface area contributed by atoms with Gasteiger partial charge in [-0.3, -0.25) is 4.98 Å². The fraction of sp³-hybridized carbons (Fsp3) is 0.211. The maximum absolute atomic E-state index is 4.66. The van der Waals surface area contributed by atoms with Gasteiger partial charge in [-0.1, -0.05) is 36.4 Å². The summed E-state index contributed by atoms with van der Waals surface area (Å²) in [5.41, 5.74) is 1.99. The third-order valence-electron chi connectivity index (χ3n) is 3.86. The summed E-state index contributed by atoms with van der Waals surface area (Å²) >= 11 is 0.